The van der Waals surface area contributed by atoms with Crippen LogP contribution in [-0.2, 0) is 11.2 Å². The number of aromatic nitrogens is 2. The van der Waals surface area contributed by atoms with Gasteiger partial charge in [0.1, 0.15) is 30.0 Å². The Morgan fingerprint density at radius 3 is 2.94 bits per heavy atom. The molecule has 0 aliphatic carbocycles. The number of rotatable bonds is 6. The zero-order valence-corrected chi connectivity index (χ0v) is 19.5. The molecule has 8 heteroatoms. The van der Waals surface area contributed by atoms with Gasteiger partial charge in [-0.15, -0.1) is 0 Å². The number of amides is 1. The molecule has 1 fully saturated rings. The van der Waals surface area contributed by atoms with Gasteiger partial charge in [0, 0.05) is 18.3 Å². The molecule has 1 amide bonds. The SMILES string of the molecule is COc1ccc2c(c1)C[C@H](C(=O)Nc1ccc(-c3cn[nH]c3)cc1O[C@H]1CCCN(C)C1)CO2. The molecule has 1 saturated heterocycles. The number of likely N-dealkylation sites (N-methyl/N-ethyl adjacent to an activating group) is 1. The molecule has 0 unspecified atom stereocenters. The van der Waals surface area contributed by atoms with Crippen molar-refractivity contribution >= 4 is 11.6 Å². The summed E-state index contributed by atoms with van der Waals surface area (Å²) < 4.78 is 17.6. The first-order chi connectivity index (χ1) is 16.6. The molecule has 2 aromatic carbocycles. The average molecular weight is 463 g/mol. The Morgan fingerprint density at radius 2 is 2.15 bits per heavy atom. The van der Waals surface area contributed by atoms with Gasteiger partial charge in [0.2, 0.25) is 5.91 Å². The van der Waals surface area contributed by atoms with Gasteiger partial charge in [-0.2, -0.15) is 5.10 Å². The number of benzene rings is 2. The molecule has 1 aromatic heterocycles. The van der Waals surface area contributed by atoms with Crippen LogP contribution >= 0.6 is 0 Å². The average Bonchev–Trinajstić information content (AvgIpc) is 3.39. The van der Waals surface area contributed by atoms with Crippen LogP contribution in [0.4, 0.5) is 5.69 Å². The minimum absolute atomic E-state index is 0.0753. The van der Waals surface area contributed by atoms with Gasteiger partial charge in [-0.1, -0.05) is 6.07 Å². The highest BCUT2D eigenvalue weighted by atomic mass is 16.5. The smallest absolute Gasteiger partial charge is 0.231 e. The van der Waals surface area contributed by atoms with Gasteiger partial charge in [-0.25, -0.2) is 0 Å². The zero-order valence-electron chi connectivity index (χ0n) is 19.5. The van der Waals surface area contributed by atoms with E-state index in [0.29, 0.717) is 24.5 Å². The Morgan fingerprint density at radius 1 is 1.24 bits per heavy atom. The third-order valence-corrected chi connectivity index (χ3v) is 6.49. The molecule has 34 heavy (non-hydrogen) atoms. The minimum atomic E-state index is -0.304. The van der Waals surface area contributed by atoms with Crippen LogP contribution in [-0.4, -0.2) is 61.0 Å². The Balaban J connectivity index is 1.36. The zero-order chi connectivity index (χ0) is 23.5. The Labute approximate surface area is 199 Å². The van der Waals surface area contributed by atoms with E-state index in [1.54, 1.807) is 13.3 Å². The maximum atomic E-state index is 13.2. The number of aromatic amines is 1. The van der Waals surface area contributed by atoms with Gasteiger partial charge in [-0.3, -0.25) is 9.89 Å². The first kappa shape index (κ1) is 22.3. The van der Waals surface area contributed by atoms with Crippen LogP contribution in [0.5, 0.6) is 17.2 Å². The van der Waals surface area contributed by atoms with Crippen molar-refractivity contribution in [2.75, 3.05) is 39.2 Å². The van der Waals surface area contributed by atoms with Crippen LogP contribution in [0.2, 0.25) is 0 Å². The maximum absolute atomic E-state index is 13.2. The summed E-state index contributed by atoms with van der Waals surface area (Å²) in [5.74, 6) is 1.84. The number of ether oxygens (including phenoxy) is 3. The lowest BCUT2D eigenvalue weighted by atomic mass is 9.95. The van der Waals surface area contributed by atoms with E-state index in [1.165, 1.54) is 0 Å². The number of H-pyrrole nitrogens is 1. The van der Waals surface area contributed by atoms with Crippen molar-refractivity contribution in [3.63, 3.8) is 0 Å². The van der Waals surface area contributed by atoms with E-state index in [2.05, 4.69) is 27.5 Å². The third kappa shape index (κ3) is 4.87. The van der Waals surface area contributed by atoms with Gasteiger partial charge in [0.15, 0.2) is 0 Å². The van der Waals surface area contributed by atoms with Crippen LogP contribution < -0.4 is 19.5 Å². The lowest BCUT2D eigenvalue weighted by molar-refractivity contribution is -0.121. The number of nitrogens with one attached hydrogen (secondary N) is 2. The number of fused-ring (bicyclic) bond motifs is 1. The molecule has 3 heterocycles. The molecule has 2 aliphatic heterocycles. The number of nitrogens with zero attached hydrogens (tertiary/aromatic N) is 2. The molecule has 2 aliphatic rings. The molecule has 5 rings (SSSR count). The number of methoxy groups -OCH3 is 1. The lowest BCUT2D eigenvalue weighted by Gasteiger charge is -2.31. The van der Waals surface area contributed by atoms with Gasteiger partial charge in [-0.05, 0) is 74.3 Å². The summed E-state index contributed by atoms with van der Waals surface area (Å²) in [7, 11) is 3.74. The van der Waals surface area contributed by atoms with Crippen molar-refractivity contribution in [1.82, 2.24) is 15.1 Å². The molecular weight excluding hydrogens is 432 g/mol. The number of carbonyl (C=O) groups excluding carboxylic acids is 1. The predicted octanol–water partition coefficient (Wildman–Crippen LogP) is 3.75. The standard InChI is InChI=1S/C26H30N4O4/c1-30-9-3-4-22(15-30)34-25-12-17(20-13-27-28-14-20)5-7-23(25)29-26(31)19-10-18-11-21(32-2)6-8-24(18)33-16-19/h5-8,11-14,19,22H,3-4,9-10,15-16H2,1-2H3,(H,27,28)(H,29,31)/t19-,22-/m0/s1. The Kier molecular flexibility index (Phi) is 6.40. The van der Waals surface area contributed by atoms with Crippen molar-refractivity contribution in [2.24, 2.45) is 5.92 Å². The Bertz CT molecular complexity index is 1150. The summed E-state index contributed by atoms with van der Waals surface area (Å²) in [6.07, 6.45) is 6.37. The van der Waals surface area contributed by atoms with Crippen molar-refractivity contribution < 1.29 is 19.0 Å². The quantitative estimate of drug-likeness (QED) is 0.580. The van der Waals surface area contributed by atoms with E-state index in [9.17, 15) is 4.79 Å². The van der Waals surface area contributed by atoms with Gasteiger partial charge < -0.3 is 24.4 Å². The molecule has 0 radical (unpaired) electrons. The molecule has 178 valence electrons. The van der Waals surface area contributed by atoms with E-state index >= 15 is 0 Å². The van der Waals surface area contributed by atoms with E-state index in [0.717, 1.165) is 54.1 Å². The number of carbonyl (C=O) groups is 1. The first-order valence-corrected chi connectivity index (χ1v) is 11.7. The number of hydrogen-bond acceptors (Lipinski definition) is 6. The largest absolute Gasteiger partial charge is 0.497 e. The fourth-order valence-electron chi connectivity index (χ4n) is 4.61. The highest BCUT2D eigenvalue weighted by Crippen LogP contribution is 2.35. The van der Waals surface area contributed by atoms with E-state index in [1.807, 2.05) is 42.6 Å². The van der Waals surface area contributed by atoms with Crippen molar-refractivity contribution in [3.05, 3.63) is 54.4 Å². The van der Waals surface area contributed by atoms with E-state index in [-0.39, 0.29) is 17.9 Å². The second-order valence-corrected chi connectivity index (χ2v) is 9.02. The summed E-state index contributed by atoms with van der Waals surface area (Å²) in [5, 5.41) is 10.0. The van der Waals surface area contributed by atoms with Gasteiger partial charge in [0.05, 0.1) is 24.9 Å². The lowest BCUT2D eigenvalue weighted by Crippen LogP contribution is -2.38. The van der Waals surface area contributed by atoms with E-state index in [4.69, 9.17) is 14.2 Å². The summed E-state index contributed by atoms with van der Waals surface area (Å²) in [6.45, 7) is 2.27. The predicted molar refractivity (Wildman–Crippen MR) is 129 cm³/mol. The van der Waals surface area contributed by atoms with Crippen LogP contribution in [0.15, 0.2) is 48.8 Å². The van der Waals surface area contributed by atoms with Gasteiger partial charge >= 0.3 is 0 Å². The van der Waals surface area contributed by atoms with Crippen LogP contribution in [0.25, 0.3) is 11.1 Å². The summed E-state index contributed by atoms with van der Waals surface area (Å²) in [4.78, 5) is 15.5. The molecule has 2 atom stereocenters. The maximum Gasteiger partial charge on any atom is 0.231 e. The monoisotopic (exact) mass is 462 g/mol. The highest BCUT2D eigenvalue weighted by molar-refractivity contribution is 5.95. The molecule has 0 spiro atoms. The summed E-state index contributed by atoms with van der Waals surface area (Å²) >= 11 is 0. The highest BCUT2D eigenvalue weighted by Gasteiger charge is 2.28. The number of likely N-dealkylation sites (tertiary alicyclic amines) is 1. The molecule has 3 aromatic rings. The van der Waals surface area contributed by atoms with Crippen molar-refractivity contribution in [1.29, 1.82) is 0 Å². The first-order valence-electron chi connectivity index (χ1n) is 11.7. The second-order valence-electron chi connectivity index (χ2n) is 9.02. The van der Waals surface area contributed by atoms with Crippen LogP contribution in [0.3, 0.4) is 0 Å². The molecule has 0 bridgehead atoms. The number of hydrogen-bond donors (Lipinski definition) is 2. The molecular formula is C26H30N4O4. The Hall–Kier alpha value is -3.52. The normalized spacial score (nSPS) is 20.2. The topological polar surface area (TPSA) is 88.7 Å². The van der Waals surface area contributed by atoms with E-state index < -0.39 is 0 Å². The summed E-state index contributed by atoms with van der Waals surface area (Å²) in [5.41, 5.74) is 3.59. The van der Waals surface area contributed by atoms with Crippen molar-refractivity contribution in [3.8, 4) is 28.4 Å². The van der Waals surface area contributed by atoms with Crippen molar-refractivity contribution in [2.45, 2.75) is 25.4 Å². The minimum Gasteiger partial charge on any atom is -0.497 e. The second kappa shape index (κ2) is 9.77. The van der Waals surface area contributed by atoms with Crippen LogP contribution in [0, 0.1) is 5.92 Å². The molecule has 2 N–H and O–H groups in total. The number of piperidine rings is 1. The molecule has 8 nitrogen and oxygen atoms in total. The van der Waals surface area contributed by atoms with Gasteiger partial charge in [0.25, 0.3) is 0 Å². The number of anilines is 1. The summed E-state index contributed by atoms with van der Waals surface area (Å²) in [6, 6.07) is 11.5. The van der Waals surface area contributed by atoms with Crippen LogP contribution in [0.1, 0.15) is 18.4 Å². The molecule has 0 saturated carbocycles. The third-order valence-electron chi connectivity index (χ3n) is 6.49. The fourth-order valence-corrected chi connectivity index (χ4v) is 4.61. The fraction of sp³-hybridized carbons (Fsp3) is 0.385.